The van der Waals surface area contributed by atoms with Crippen LogP contribution >= 0.6 is 0 Å². The molecule has 3 rings (SSSR count). The summed E-state index contributed by atoms with van der Waals surface area (Å²) < 4.78 is 26.7. The van der Waals surface area contributed by atoms with Crippen LogP contribution in [-0.2, 0) is 10.0 Å². The van der Waals surface area contributed by atoms with Crippen LogP contribution in [0.3, 0.4) is 0 Å². The number of carbonyl (C=O) groups excluding carboxylic acids is 2. The molecule has 1 aliphatic rings. The average Bonchev–Trinajstić information content (AvgIpc) is 3.54. The van der Waals surface area contributed by atoms with Crippen LogP contribution in [0.25, 0.3) is 0 Å². The molecule has 1 fully saturated rings. The van der Waals surface area contributed by atoms with Gasteiger partial charge in [-0.15, -0.1) is 0 Å². The summed E-state index contributed by atoms with van der Waals surface area (Å²) >= 11 is 0. The fourth-order valence-corrected chi connectivity index (χ4v) is 4.44. The molecule has 0 spiro atoms. The summed E-state index contributed by atoms with van der Waals surface area (Å²) in [5.74, 6) is -0.418. The van der Waals surface area contributed by atoms with Crippen molar-refractivity contribution in [3.05, 3.63) is 54.1 Å². The Morgan fingerprint density at radius 3 is 2.13 bits per heavy atom. The van der Waals surface area contributed by atoms with E-state index < -0.39 is 15.9 Å². The standard InChI is InChI=1S/C21H26N4O4S/c1-3-25(4-2)30(28,29)19-7-5-6-15(14-19)20(26)22-16-8-10-17(11-9-16)23-21(27)24-18-12-13-18/h5-11,14,18H,3-4,12-13H2,1-2H3,(H,22,26)(H2,23,24,27). The molecular weight excluding hydrogens is 404 g/mol. The minimum absolute atomic E-state index is 0.0834. The van der Waals surface area contributed by atoms with Crippen molar-refractivity contribution < 1.29 is 18.0 Å². The third kappa shape index (κ3) is 5.37. The molecular formula is C21H26N4O4S. The van der Waals surface area contributed by atoms with Gasteiger partial charge in [-0.1, -0.05) is 19.9 Å². The normalized spacial score (nSPS) is 13.7. The van der Waals surface area contributed by atoms with Crippen LogP contribution in [0.4, 0.5) is 16.2 Å². The van der Waals surface area contributed by atoms with Crippen molar-refractivity contribution in [3.63, 3.8) is 0 Å². The second-order valence-electron chi connectivity index (χ2n) is 7.02. The number of nitrogens with one attached hydrogen (secondary N) is 3. The predicted octanol–water partition coefficient (Wildman–Crippen LogP) is 3.25. The third-order valence-corrected chi connectivity index (χ3v) is 6.80. The van der Waals surface area contributed by atoms with Crippen molar-refractivity contribution in [2.75, 3.05) is 23.7 Å². The van der Waals surface area contributed by atoms with Crippen molar-refractivity contribution >= 4 is 33.3 Å². The first-order valence-corrected chi connectivity index (χ1v) is 11.4. The fourth-order valence-electron chi connectivity index (χ4n) is 2.93. The Kier molecular flexibility index (Phi) is 6.73. The highest BCUT2D eigenvalue weighted by Gasteiger charge is 2.23. The second-order valence-corrected chi connectivity index (χ2v) is 8.96. The summed E-state index contributed by atoms with van der Waals surface area (Å²) in [6, 6.07) is 12.7. The molecule has 8 nitrogen and oxygen atoms in total. The Balaban J connectivity index is 1.66. The van der Waals surface area contributed by atoms with Crippen LogP contribution in [0.15, 0.2) is 53.4 Å². The Labute approximate surface area is 176 Å². The maximum Gasteiger partial charge on any atom is 0.319 e. The number of urea groups is 1. The largest absolute Gasteiger partial charge is 0.335 e. The van der Waals surface area contributed by atoms with Gasteiger partial charge in [-0.25, -0.2) is 13.2 Å². The smallest absolute Gasteiger partial charge is 0.319 e. The highest BCUT2D eigenvalue weighted by Crippen LogP contribution is 2.20. The first-order valence-electron chi connectivity index (χ1n) is 9.92. The molecule has 0 aromatic heterocycles. The summed E-state index contributed by atoms with van der Waals surface area (Å²) in [6.45, 7) is 4.25. The van der Waals surface area contributed by atoms with Crippen molar-refractivity contribution in [1.82, 2.24) is 9.62 Å². The fraction of sp³-hybridized carbons (Fsp3) is 0.333. The van der Waals surface area contributed by atoms with Crippen LogP contribution < -0.4 is 16.0 Å². The lowest BCUT2D eigenvalue weighted by molar-refractivity contribution is 0.102. The summed E-state index contributed by atoms with van der Waals surface area (Å²) in [5.41, 5.74) is 1.39. The Morgan fingerprint density at radius 1 is 0.967 bits per heavy atom. The van der Waals surface area contributed by atoms with Gasteiger partial charge >= 0.3 is 6.03 Å². The lowest BCUT2D eigenvalue weighted by Gasteiger charge is -2.18. The van der Waals surface area contributed by atoms with Gasteiger partial charge in [-0.2, -0.15) is 4.31 Å². The molecule has 1 aliphatic carbocycles. The number of rotatable bonds is 8. The highest BCUT2D eigenvalue weighted by atomic mass is 32.2. The molecule has 0 saturated heterocycles. The average molecular weight is 431 g/mol. The third-order valence-electron chi connectivity index (χ3n) is 4.75. The van der Waals surface area contributed by atoms with Gasteiger partial charge < -0.3 is 16.0 Å². The van der Waals surface area contributed by atoms with Crippen molar-refractivity contribution in [2.24, 2.45) is 0 Å². The molecule has 0 heterocycles. The van der Waals surface area contributed by atoms with Gasteiger partial charge in [0.2, 0.25) is 10.0 Å². The number of nitrogens with zero attached hydrogens (tertiary/aromatic N) is 1. The Morgan fingerprint density at radius 2 is 1.57 bits per heavy atom. The molecule has 160 valence electrons. The predicted molar refractivity (Wildman–Crippen MR) is 116 cm³/mol. The van der Waals surface area contributed by atoms with Crippen LogP contribution in [0, 0.1) is 0 Å². The first-order chi connectivity index (χ1) is 14.3. The molecule has 0 atom stereocenters. The molecule has 3 N–H and O–H groups in total. The van der Waals surface area contributed by atoms with E-state index in [0.29, 0.717) is 24.5 Å². The van der Waals surface area contributed by atoms with E-state index >= 15 is 0 Å². The van der Waals surface area contributed by atoms with Crippen molar-refractivity contribution in [1.29, 1.82) is 0 Å². The van der Waals surface area contributed by atoms with Gasteiger partial charge in [-0.05, 0) is 55.3 Å². The number of hydrogen-bond donors (Lipinski definition) is 3. The maximum absolute atomic E-state index is 12.7. The molecule has 3 amide bonds. The monoisotopic (exact) mass is 430 g/mol. The topological polar surface area (TPSA) is 108 Å². The van der Waals surface area contributed by atoms with E-state index in [1.807, 2.05) is 0 Å². The van der Waals surface area contributed by atoms with Crippen LogP contribution in [0.1, 0.15) is 37.0 Å². The summed E-state index contributed by atoms with van der Waals surface area (Å²) in [6.07, 6.45) is 2.02. The zero-order valence-electron chi connectivity index (χ0n) is 17.0. The molecule has 30 heavy (non-hydrogen) atoms. The lowest BCUT2D eigenvalue weighted by atomic mass is 10.2. The SMILES string of the molecule is CCN(CC)S(=O)(=O)c1cccc(C(=O)Nc2ccc(NC(=O)NC3CC3)cc2)c1. The Bertz CT molecular complexity index is 1010. The number of carbonyl (C=O) groups is 2. The molecule has 0 aliphatic heterocycles. The van der Waals surface area contributed by atoms with Gasteiger partial charge in [0.15, 0.2) is 0 Å². The number of amides is 3. The summed E-state index contributed by atoms with van der Waals surface area (Å²) in [7, 11) is -3.64. The number of anilines is 2. The highest BCUT2D eigenvalue weighted by molar-refractivity contribution is 7.89. The number of hydrogen-bond acceptors (Lipinski definition) is 4. The van der Waals surface area contributed by atoms with Gasteiger partial charge in [-0.3, -0.25) is 4.79 Å². The first kappa shape index (κ1) is 21.8. The molecule has 9 heteroatoms. The van der Waals surface area contributed by atoms with Gasteiger partial charge in [0.25, 0.3) is 5.91 Å². The summed E-state index contributed by atoms with van der Waals surface area (Å²) in [4.78, 5) is 24.4. The van der Waals surface area contributed by atoms with Crippen molar-refractivity contribution in [2.45, 2.75) is 37.6 Å². The molecule has 0 unspecified atom stereocenters. The van der Waals surface area contributed by atoms with Crippen LogP contribution in [0.2, 0.25) is 0 Å². The summed E-state index contributed by atoms with van der Waals surface area (Å²) in [5, 5.41) is 8.31. The quantitative estimate of drug-likeness (QED) is 0.597. The Hall–Kier alpha value is -2.91. The second kappa shape index (κ2) is 9.27. The molecule has 0 radical (unpaired) electrons. The van der Waals surface area contributed by atoms with E-state index in [-0.39, 0.29) is 22.5 Å². The van der Waals surface area contributed by atoms with E-state index in [1.54, 1.807) is 50.2 Å². The minimum Gasteiger partial charge on any atom is -0.335 e. The van der Waals surface area contributed by atoms with E-state index in [2.05, 4.69) is 16.0 Å². The number of sulfonamides is 1. The van der Waals surface area contributed by atoms with Gasteiger partial charge in [0.1, 0.15) is 0 Å². The minimum atomic E-state index is -3.64. The van der Waals surface area contributed by atoms with E-state index in [9.17, 15) is 18.0 Å². The maximum atomic E-state index is 12.7. The molecule has 1 saturated carbocycles. The van der Waals surface area contributed by atoms with Gasteiger partial charge in [0.05, 0.1) is 4.90 Å². The molecule has 2 aromatic rings. The van der Waals surface area contributed by atoms with Crippen LogP contribution in [-0.4, -0.2) is 43.8 Å². The zero-order valence-corrected chi connectivity index (χ0v) is 17.8. The molecule has 2 aromatic carbocycles. The van der Waals surface area contributed by atoms with Crippen LogP contribution in [0.5, 0.6) is 0 Å². The van der Waals surface area contributed by atoms with E-state index in [4.69, 9.17) is 0 Å². The van der Waals surface area contributed by atoms with Crippen molar-refractivity contribution in [3.8, 4) is 0 Å². The van der Waals surface area contributed by atoms with E-state index in [1.165, 1.54) is 16.4 Å². The van der Waals surface area contributed by atoms with Gasteiger partial charge in [0, 0.05) is 36.1 Å². The zero-order chi connectivity index (χ0) is 21.7. The van der Waals surface area contributed by atoms with E-state index in [0.717, 1.165) is 12.8 Å². The lowest BCUT2D eigenvalue weighted by Crippen LogP contribution is -2.30. The number of benzene rings is 2. The molecule has 0 bridgehead atoms.